The number of piperidine rings is 1. The van der Waals surface area contributed by atoms with Crippen molar-refractivity contribution in [2.24, 2.45) is 0 Å². The van der Waals surface area contributed by atoms with Crippen molar-refractivity contribution in [3.05, 3.63) is 59.9 Å². The number of hydrogen-bond donors (Lipinski definition) is 0. The van der Waals surface area contributed by atoms with Crippen molar-refractivity contribution >= 4 is 11.6 Å². The maximum Gasteiger partial charge on any atom is 0.416 e. The van der Waals surface area contributed by atoms with Gasteiger partial charge in [0.2, 0.25) is 0 Å². The van der Waals surface area contributed by atoms with Gasteiger partial charge < -0.3 is 9.80 Å². The van der Waals surface area contributed by atoms with Crippen LogP contribution in [0.2, 0.25) is 0 Å². The van der Waals surface area contributed by atoms with Gasteiger partial charge in [0, 0.05) is 63.4 Å². The number of amides is 1. The van der Waals surface area contributed by atoms with Gasteiger partial charge in [0.05, 0.1) is 11.1 Å². The van der Waals surface area contributed by atoms with E-state index in [0.29, 0.717) is 30.9 Å². The Hall–Kier alpha value is -2.61. The zero-order valence-corrected chi connectivity index (χ0v) is 16.7. The van der Waals surface area contributed by atoms with Crippen LogP contribution in [-0.2, 0) is 6.18 Å². The molecule has 0 radical (unpaired) electrons. The van der Waals surface area contributed by atoms with Crippen molar-refractivity contribution in [1.29, 1.82) is 0 Å². The van der Waals surface area contributed by atoms with Crippen molar-refractivity contribution in [2.75, 3.05) is 44.2 Å². The van der Waals surface area contributed by atoms with Crippen LogP contribution in [0.4, 0.5) is 18.9 Å². The molecule has 160 valence electrons. The molecule has 1 amide bonds. The van der Waals surface area contributed by atoms with E-state index in [1.165, 1.54) is 12.1 Å². The number of alkyl halides is 3. The van der Waals surface area contributed by atoms with Crippen LogP contribution >= 0.6 is 0 Å². The number of piperazine rings is 1. The second-order valence-corrected chi connectivity index (χ2v) is 7.86. The Morgan fingerprint density at radius 2 is 1.83 bits per heavy atom. The summed E-state index contributed by atoms with van der Waals surface area (Å²) in [6, 6.07) is 9.37. The van der Waals surface area contributed by atoms with E-state index >= 15 is 0 Å². The summed E-state index contributed by atoms with van der Waals surface area (Å²) in [6.45, 7) is 4.32. The number of aromatic nitrogens is 1. The van der Waals surface area contributed by atoms with Gasteiger partial charge in [-0.15, -0.1) is 0 Å². The highest BCUT2D eigenvalue weighted by Crippen LogP contribution is 2.32. The summed E-state index contributed by atoms with van der Waals surface area (Å²) in [5.41, 5.74) is 0.605. The SMILES string of the molecule is O=C(c1cccnc1)N1CCCC(N2CCN(c3cccc(C(F)(F)F)c3)CC2)C1. The molecule has 0 N–H and O–H groups in total. The third-order valence-corrected chi connectivity index (χ3v) is 5.96. The van der Waals surface area contributed by atoms with Crippen molar-refractivity contribution in [2.45, 2.75) is 25.1 Å². The Balaban J connectivity index is 1.35. The van der Waals surface area contributed by atoms with Crippen LogP contribution in [0.3, 0.4) is 0 Å². The van der Waals surface area contributed by atoms with Gasteiger partial charge in [0.15, 0.2) is 0 Å². The number of hydrogen-bond acceptors (Lipinski definition) is 4. The Kier molecular flexibility index (Phi) is 5.94. The van der Waals surface area contributed by atoms with Crippen LogP contribution < -0.4 is 4.90 Å². The molecule has 2 saturated heterocycles. The molecule has 0 saturated carbocycles. The van der Waals surface area contributed by atoms with Gasteiger partial charge in [0.25, 0.3) is 5.91 Å². The Bertz CT molecular complexity index is 866. The first-order valence-electron chi connectivity index (χ1n) is 10.3. The van der Waals surface area contributed by atoms with Crippen molar-refractivity contribution in [3.63, 3.8) is 0 Å². The molecule has 1 atom stereocenters. The molecule has 2 aliphatic heterocycles. The Labute approximate surface area is 174 Å². The fraction of sp³-hybridized carbons (Fsp3) is 0.455. The molecule has 0 bridgehead atoms. The minimum Gasteiger partial charge on any atom is -0.369 e. The summed E-state index contributed by atoms with van der Waals surface area (Å²) < 4.78 is 39.0. The van der Waals surface area contributed by atoms with Crippen molar-refractivity contribution < 1.29 is 18.0 Å². The lowest BCUT2D eigenvalue weighted by Crippen LogP contribution is -2.55. The van der Waals surface area contributed by atoms with E-state index in [0.717, 1.165) is 38.5 Å². The van der Waals surface area contributed by atoms with Gasteiger partial charge in [-0.2, -0.15) is 13.2 Å². The zero-order chi connectivity index (χ0) is 21.1. The van der Waals surface area contributed by atoms with Crippen LogP contribution in [0.15, 0.2) is 48.8 Å². The summed E-state index contributed by atoms with van der Waals surface area (Å²) in [5, 5.41) is 0. The minimum atomic E-state index is -4.33. The zero-order valence-electron chi connectivity index (χ0n) is 16.7. The molecular formula is C22H25F3N4O. The molecule has 3 heterocycles. The van der Waals surface area contributed by atoms with Crippen molar-refractivity contribution in [1.82, 2.24) is 14.8 Å². The molecule has 1 aromatic carbocycles. The Morgan fingerprint density at radius 3 is 2.53 bits per heavy atom. The van der Waals surface area contributed by atoms with Gasteiger partial charge in [-0.05, 0) is 43.2 Å². The average molecular weight is 418 g/mol. The van der Waals surface area contributed by atoms with Gasteiger partial charge in [-0.1, -0.05) is 6.07 Å². The van der Waals surface area contributed by atoms with Gasteiger partial charge >= 0.3 is 6.18 Å². The highest BCUT2D eigenvalue weighted by Gasteiger charge is 2.32. The third kappa shape index (κ3) is 4.59. The minimum absolute atomic E-state index is 0.00963. The number of halogens is 3. The standard InChI is InChI=1S/C22H25F3N4O/c23-22(24,25)18-5-1-6-19(14-18)27-10-12-28(13-11-27)20-7-3-9-29(16-20)21(30)17-4-2-8-26-15-17/h1-2,4-6,8,14-15,20H,3,7,9-13,16H2. The van der Waals surface area contributed by atoms with Crippen LogP contribution in [0.25, 0.3) is 0 Å². The fourth-order valence-electron chi connectivity index (χ4n) is 4.33. The first-order chi connectivity index (χ1) is 14.4. The molecule has 1 unspecified atom stereocenters. The van der Waals surface area contributed by atoms with E-state index in [9.17, 15) is 18.0 Å². The van der Waals surface area contributed by atoms with Crippen LogP contribution in [-0.4, -0.2) is 66.0 Å². The number of pyridine rings is 1. The van der Waals surface area contributed by atoms with E-state index in [-0.39, 0.29) is 11.9 Å². The predicted molar refractivity (Wildman–Crippen MR) is 108 cm³/mol. The fourth-order valence-corrected chi connectivity index (χ4v) is 4.33. The lowest BCUT2D eigenvalue weighted by atomic mass is 10.0. The second-order valence-electron chi connectivity index (χ2n) is 7.86. The highest BCUT2D eigenvalue weighted by atomic mass is 19.4. The maximum absolute atomic E-state index is 13.0. The molecule has 2 aliphatic rings. The molecule has 4 rings (SSSR count). The lowest BCUT2D eigenvalue weighted by molar-refractivity contribution is -0.137. The summed E-state index contributed by atoms with van der Waals surface area (Å²) in [4.78, 5) is 23.0. The molecular weight excluding hydrogens is 393 g/mol. The normalized spacial score (nSPS) is 21.0. The number of likely N-dealkylation sites (tertiary alicyclic amines) is 1. The summed E-state index contributed by atoms with van der Waals surface area (Å²) in [6.07, 6.45) is 0.897. The summed E-state index contributed by atoms with van der Waals surface area (Å²) >= 11 is 0. The first kappa shape index (κ1) is 20.7. The van der Waals surface area contributed by atoms with E-state index < -0.39 is 11.7 Å². The Morgan fingerprint density at radius 1 is 1.03 bits per heavy atom. The first-order valence-corrected chi connectivity index (χ1v) is 10.3. The quantitative estimate of drug-likeness (QED) is 0.765. The number of carbonyl (C=O) groups is 1. The smallest absolute Gasteiger partial charge is 0.369 e. The summed E-state index contributed by atoms with van der Waals surface area (Å²) in [7, 11) is 0. The van der Waals surface area contributed by atoms with Gasteiger partial charge in [0.1, 0.15) is 0 Å². The van der Waals surface area contributed by atoms with E-state index in [2.05, 4.69) is 9.88 Å². The lowest BCUT2D eigenvalue weighted by Gasteiger charge is -2.44. The maximum atomic E-state index is 13.0. The molecule has 2 fully saturated rings. The second kappa shape index (κ2) is 8.63. The van der Waals surface area contributed by atoms with E-state index in [1.807, 2.05) is 9.80 Å². The number of nitrogens with zero attached hydrogens (tertiary/aromatic N) is 4. The average Bonchev–Trinajstić information content (AvgIpc) is 2.79. The largest absolute Gasteiger partial charge is 0.416 e. The molecule has 1 aromatic heterocycles. The van der Waals surface area contributed by atoms with E-state index in [1.54, 1.807) is 30.6 Å². The molecule has 30 heavy (non-hydrogen) atoms. The monoisotopic (exact) mass is 418 g/mol. The third-order valence-electron chi connectivity index (χ3n) is 5.96. The predicted octanol–water partition coefficient (Wildman–Crippen LogP) is 3.53. The van der Waals surface area contributed by atoms with Crippen molar-refractivity contribution in [3.8, 4) is 0 Å². The van der Waals surface area contributed by atoms with Gasteiger partial charge in [-0.3, -0.25) is 14.7 Å². The molecule has 8 heteroatoms. The molecule has 2 aromatic rings. The highest BCUT2D eigenvalue weighted by molar-refractivity contribution is 5.93. The van der Waals surface area contributed by atoms with Gasteiger partial charge in [-0.25, -0.2) is 0 Å². The molecule has 5 nitrogen and oxygen atoms in total. The number of benzene rings is 1. The van der Waals surface area contributed by atoms with Crippen LogP contribution in [0.5, 0.6) is 0 Å². The molecule has 0 aliphatic carbocycles. The number of rotatable bonds is 3. The van der Waals surface area contributed by atoms with Crippen LogP contribution in [0.1, 0.15) is 28.8 Å². The summed E-state index contributed by atoms with van der Waals surface area (Å²) in [5.74, 6) is 0.00963. The molecule has 0 spiro atoms. The van der Waals surface area contributed by atoms with E-state index in [4.69, 9.17) is 0 Å². The number of carbonyl (C=O) groups excluding carboxylic acids is 1. The topological polar surface area (TPSA) is 39.7 Å². The van der Waals surface area contributed by atoms with Crippen LogP contribution in [0, 0.1) is 0 Å². The number of anilines is 1.